The maximum Gasteiger partial charge on any atom is 0.251 e. The number of hydrogen-bond donors (Lipinski definition) is 3. The lowest BCUT2D eigenvalue weighted by Gasteiger charge is -2.12. The molecule has 0 saturated carbocycles. The topological polar surface area (TPSA) is 99.3 Å². The van der Waals surface area contributed by atoms with Gasteiger partial charge in [-0.2, -0.15) is 5.10 Å². The molecule has 3 N–H and O–H groups in total. The molecule has 1 heterocycles. The zero-order valence-corrected chi connectivity index (χ0v) is 17.0. The average Bonchev–Trinajstić information content (AvgIpc) is 3.09. The van der Waals surface area contributed by atoms with Crippen LogP contribution in [-0.2, 0) is 4.79 Å². The molecule has 0 aliphatic rings. The first-order valence-corrected chi connectivity index (χ1v) is 9.25. The van der Waals surface area contributed by atoms with Crippen molar-refractivity contribution in [2.75, 3.05) is 39.6 Å². The average molecular weight is 395 g/mol. The molecule has 8 heteroatoms. The fourth-order valence-corrected chi connectivity index (χ4v) is 3.01. The second-order valence-corrected chi connectivity index (χ2v) is 7.02. The van der Waals surface area contributed by atoms with Crippen molar-refractivity contribution in [3.8, 4) is 17.0 Å². The minimum absolute atomic E-state index is 0.210. The number of nitrogens with one attached hydrogen (secondary N) is 3. The lowest BCUT2D eigenvalue weighted by atomic mass is 10.0. The number of anilines is 1. The third-order valence-electron chi connectivity index (χ3n) is 4.40. The normalized spacial score (nSPS) is 10.9. The van der Waals surface area contributed by atoms with Gasteiger partial charge in [-0.15, -0.1) is 0 Å². The van der Waals surface area contributed by atoms with Gasteiger partial charge >= 0.3 is 0 Å². The van der Waals surface area contributed by atoms with Crippen molar-refractivity contribution in [3.05, 3.63) is 42.0 Å². The van der Waals surface area contributed by atoms with Gasteiger partial charge in [-0.1, -0.05) is 0 Å². The van der Waals surface area contributed by atoms with Gasteiger partial charge in [0.05, 0.1) is 12.6 Å². The molecule has 3 aromatic rings. The van der Waals surface area contributed by atoms with E-state index in [1.807, 2.05) is 37.2 Å². The van der Waals surface area contributed by atoms with Crippen LogP contribution in [0.25, 0.3) is 22.2 Å². The monoisotopic (exact) mass is 395 g/mol. The molecule has 0 atom stereocenters. The number of benzene rings is 2. The van der Waals surface area contributed by atoms with Crippen LogP contribution in [0, 0.1) is 0 Å². The predicted molar refractivity (Wildman–Crippen MR) is 113 cm³/mol. The van der Waals surface area contributed by atoms with E-state index in [2.05, 4.69) is 20.8 Å². The van der Waals surface area contributed by atoms with E-state index in [9.17, 15) is 9.59 Å². The molecule has 0 fully saturated rings. The molecule has 2 amide bonds. The van der Waals surface area contributed by atoms with E-state index in [4.69, 9.17) is 4.74 Å². The Labute approximate surface area is 169 Å². The Hall–Kier alpha value is -3.39. The maximum absolute atomic E-state index is 12.7. The van der Waals surface area contributed by atoms with Crippen molar-refractivity contribution >= 4 is 28.4 Å². The zero-order valence-electron chi connectivity index (χ0n) is 17.0. The number of aromatic nitrogens is 2. The maximum atomic E-state index is 12.7. The van der Waals surface area contributed by atoms with Gasteiger partial charge in [0.1, 0.15) is 11.4 Å². The van der Waals surface area contributed by atoms with Gasteiger partial charge < -0.3 is 20.3 Å². The number of carbonyl (C=O) groups excluding carboxylic acids is 2. The number of methoxy groups -OCH3 is 1. The molecule has 0 radical (unpaired) electrons. The summed E-state index contributed by atoms with van der Waals surface area (Å²) in [7, 11) is 5.49. The number of carbonyl (C=O) groups is 2. The van der Waals surface area contributed by atoms with Crippen LogP contribution in [-0.4, -0.2) is 61.2 Å². The van der Waals surface area contributed by atoms with Gasteiger partial charge in [0.25, 0.3) is 5.91 Å². The van der Waals surface area contributed by atoms with Gasteiger partial charge in [0, 0.05) is 42.2 Å². The van der Waals surface area contributed by atoms with Crippen LogP contribution >= 0.6 is 0 Å². The molecule has 0 saturated heterocycles. The summed E-state index contributed by atoms with van der Waals surface area (Å²) < 4.78 is 5.32. The molecule has 8 nitrogen and oxygen atoms in total. The van der Waals surface area contributed by atoms with Crippen LogP contribution in [0.2, 0.25) is 0 Å². The van der Waals surface area contributed by atoms with Crippen molar-refractivity contribution in [2.24, 2.45) is 0 Å². The van der Waals surface area contributed by atoms with E-state index in [0.717, 1.165) is 17.4 Å². The van der Waals surface area contributed by atoms with Gasteiger partial charge in [-0.25, -0.2) is 0 Å². The molecule has 0 unspecified atom stereocenters. The summed E-state index contributed by atoms with van der Waals surface area (Å²) >= 11 is 0. The number of hydrogen-bond acceptors (Lipinski definition) is 5. The van der Waals surface area contributed by atoms with E-state index in [1.54, 1.807) is 25.3 Å². The van der Waals surface area contributed by atoms with E-state index in [-0.39, 0.29) is 11.8 Å². The SMILES string of the molecule is COc1ccc2[nH]nc(-c3cc(NC(C)=O)cc(C(=O)NCCN(C)C)c3)c2c1. The lowest BCUT2D eigenvalue weighted by Crippen LogP contribution is -2.31. The Morgan fingerprint density at radius 1 is 1.17 bits per heavy atom. The summed E-state index contributed by atoms with van der Waals surface area (Å²) in [5.74, 6) is 0.284. The molecule has 0 bridgehead atoms. The molecule has 2 aromatic carbocycles. The molecule has 0 aliphatic carbocycles. The van der Waals surface area contributed by atoms with E-state index < -0.39 is 0 Å². The van der Waals surface area contributed by atoms with Crippen molar-refractivity contribution in [2.45, 2.75) is 6.92 Å². The van der Waals surface area contributed by atoms with Crippen LogP contribution in [0.1, 0.15) is 17.3 Å². The van der Waals surface area contributed by atoms with Gasteiger partial charge in [-0.3, -0.25) is 14.7 Å². The van der Waals surface area contributed by atoms with Crippen LogP contribution in [0.5, 0.6) is 5.75 Å². The molecule has 152 valence electrons. The highest BCUT2D eigenvalue weighted by Crippen LogP contribution is 2.31. The lowest BCUT2D eigenvalue weighted by molar-refractivity contribution is -0.114. The fourth-order valence-electron chi connectivity index (χ4n) is 3.01. The Morgan fingerprint density at radius 3 is 2.66 bits per heavy atom. The third-order valence-corrected chi connectivity index (χ3v) is 4.40. The number of likely N-dealkylation sites (N-methyl/N-ethyl adjacent to an activating group) is 1. The standard InChI is InChI=1S/C21H25N5O3/c1-13(27)23-16-10-14(9-15(11-16)21(28)22-7-8-26(2)3)20-18-12-17(29-4)5-6-19(18)24-25-20/h5-6,9-12H,7-8H2,1-4H3,(H,22,28)(H,23,27)(H,24,25). The van der Waals surface area contributed by atoms with Gasteiger partial charge in [0.2, 0.25) is 5.91 Å². The minimum atomic E-state index is -0.213. The zero-order chi connectivity index (χ0) is 21.0. The van der Waals surface area contributed by atoms with Crippen LogP contribution < -0.4 is 15.4 Å². The molecule has 0 spiro atoms. The van der Waals surface area contributed by atoms with Crippen molar-refractivity contribution in [3.63, 3.8) is 0 Å². The van der Waals surface area contributed by atoms with E-state index in [1.165, 1.54) is 6.92 Å². The van der Waals surface area contributed by atoms with Crippen LogP contribution in [0.15, 0.2) is 36.4 Å². The quantitative estimate of drug-likeness (QED) is 0.571. The Morgan fingerprint density at radius 2 is 1.97 bits per heavy atom. The van der Waals surface area contributed by atoms with Crippen molar-refractivity contribution < 1.29 is 14.3 Å². The summed E-state index contributed by atoms with van der Waals surface area (Å²) in [4.78, 5) is 26.2. The molecule has 0 aliphatic heterocycles. The molecular weight excluding hydrogens is 370 g/mol. The first-order chi connectivity index (χ1) is 13.9. The minimum Gasteiger partial charge on any atom is -0.497 e. The molecule has 29 heavy (non-hydrogen) atoms. The fraction of sp³-hybridized carbons (Fsp3) is 0.286. The molecule has 3 rings (SSSR count). The first-order valence-electron chi connectivity index (χ1n) is 9.25. The molecule has 1 aromatic heterocycles. The number of aromatic amines is 1. The number of amides is 2. The van der Waals surface area contributed by atoms with Crippen molar-refractivity contribution in [1.29, 1.82) is 0 Å². The van der Waals surface area contributed by atoms with E-state index in [0.29, 0.717) is 34.8 Å². The second-order valence-electron chi connectivity index (χ2n) is 7.02. The predicted octanol–water partition coefficient (Wildman–Crippen LogP) is 2.49. The van der Waals surface area contributed by atoms with Gasteiger partial charge in [-0.05, 0) is 50.5 Å². The third kappa shape index (κ3) is 4.91. The smallest absolute Gasteiger partial charge is 0.251 e. The first kappa shape index (κ1) is 20.3. The summed E-state index contributed by atoms with van der Waals surface area (Å²) in [5, 5.41) is 13.9. The summed E-state index contributed by atoms with van der Waals surface area (Å²) in [6, 6.07) is 10.8. The highest BCUT2D eigenvalue weighted by atomic mass is 16.5. The Bertz CT molecular complexity index is 1040. The van der Waals surface area contributed by atoms with Gasteiger partial charge in [0.15, 0.2) is 0 Å². The Kier molecular flexibility index (Phi) is 6.13. The largest absolute Gasteiger partial charge is 0.497 e. The number of H-pyrrole nitrogens is 1. The van der Waals surface area contributed by atoms with Crippen LogP contribution in [0.4, 0.5) is 5.69 Å². The molecular formula is C21H25N5O3. The van der Waals surface area contributed by atoms with Crippen LogP contribution in [0.3, 0.4) is 0 Å². The summed E-state index contributed by atoms with van der Waals surface area (Å²) in [6.45, 7) is 2.68. The highest BCUT2D eigenvalue weighted by Gasteiger charge is 2.15. The second kappa shape index (κ2) is 8.74. The van der Waals surface area contributed by atoms with E-state index >= 15 is 0 Å². The summed E-state index contributed by atoms with van der Waals surface area (Å²) in [6.07, 6.45) is 0. The number of ether oxygens (including phenoxy) is 1. The Balaban J connectivity index is 2.01. The number of fused-ring (bicyclic) bond motifs is 1. The number of rotatable bonds is 7. The number of nitrogens with zero attached hydrogens (tertiary/aromatic N) is 2. The highest BCUT2D eigenvalue weighted by molar-refractivity contribution is 6.01. The van der Waals surface area contributed by atoms with Crippen molar-refractivity contribution in [1.82, 2.24) is 20.4 Å². The summed E-state index contributed by atoms with van der Waals surface area (Å²) in [5.41, 5.74) is 3.22.